The summed E-state index contributed by atoms with van der Waals surface area (Å²) in [5.74, 6) is 0.662. The number of aliphatic hydroxyl groups excluding tert-OH is 1. The largest absolute Gasteiger partial charge is 0.496 e. The third-order valence-corrected chi connectivity index (χ3v) is 3.46. The van der Waals surface area contributed by atoms with Crippen LogP contribution in [0.25, 0.3) is 0 Å². The van der Waals surface area contributed by atoms with Gasteiger partial charge in [0.05, 0.1) is 11.6 Å². The highest BCUT2D eigenvalue weighted by Gasteiger charge is 2.19. The number of nitrogens with zero attached hydrogens (tertiary/aromatic N) is 1. The van der Waals surface area contributed by atoms with Crippen LogP contribution in [0.5, 0.6) is 5.75 Å². The van der Waals surface area contributed by atoms with E-state index in [9.17, 15) is 4.79 Å². The average molecular weight is 330 g/mol. The molecule has 1 aromatic rings. The van der Waals surface area contributed by atoms with Gasteiger partial charge in [0, 0.05) is 24.8 Å². The molecular weight excluding hydrogens is 310 g/mol. The fourth-order valence-corrected chi connectivity index (χ4v) is 2.34. The average Bonchev–Trinajstić information content (AvgIpc) is 2.38. The molecule has 1 rings (SSSR count). The maximum absolute atomic E-state index is 12.4. The van der Waals surface area contributed by atoms with Crippen LogP contribution in [0.3, 0.4) is 0 Å². The van der Waals surface area contributed by atoms with Crippen LogP contribution in [0, 0.1) is 0 Å². The first-order chi connectivity index (χ1) is 9.01. The van der Waals surface area contributed by atoms with Crippen molar-refractivity contribution >= 4 is 21.8 Å². The Morgan fingerprint density at radius 3 is 2.63 bits per heavy atom. The fraction of sp³-hybridized carbons (Fsp3) is 0.500. The molecule has 0 unspecified atom stereocenters. The number of hydrogen-bond acceptors (Lipinski definition) is 3. The molecule has 0 heterocycles. The number of ether oxygens (including phenoxy) is 1. The Balaban J connectivity index is 2.93. The van der Waals surface area contributed by atoms with Crippen molar-refractivity contribution in [3.63, 3.8) is 0 Å². The zero-order valence-corrected chi connectivity index (χ0v) is 13.1. The normalized spacial score (nSPS) is 10.6. The SMILES string of the molecule is COc1ccc(C(=O)N(CCCO)C(C)C)cc1Br. The van der Waals surface area contributed by atoms with E-state index in [0.29, 0.717) is 24.3 Å². The topological polar surface area (TPSA) is 49.8 Å². The quantitative estimate of drug-likeness (QED) is 0.872. The lowest BCUT2D eigenvalue weighted by Gasteiger charge is -2.26. The van der Waals surface area contributed by atoms with Gasteiger partial charge < -0.3 is 14.7 Å². The van der Waals surface area contributed by atoms with Gasteiger partial charge in [-0.25, -0.2) is 0 Å². The monoisotopic (exact) mass is 329 g/mol. The fourth-order valence-electron chi connectivity index (χ4n) is 1.80. The van der Waals surface area contributed by atoms with Gasteiger partial charge in [-0.3, -0.25) is 4.79 Å². The van der Waals surface area contributed by atoms with Crippen LogP contribution in [-0.2, 0) is 0 Å². The number of hydrogen-bond donors (Lipinski definition) is 1. The molecule has 0 bridgehead atoms. The van der Waals surface area contributed by atoms with E-state index < -0.39 is 0 Å². The van der Waals surface area contributed by atoms with Gasteiger partial charge in [-0.15, -0.1) is 0 Å². The van der Waals surface area contributed by atoms with E-state index in [0.717, 1.165) is 4.47 Å². The predicted molar refractivity (Wildman–Crippen MR) is 78.6 cm³/mol. The summed E-state index contributed by atoms with van der Waals surface area (Å²) < 4.78 is 5.90. The van der Waals surface area contributed by atoms with Crippen molar-refractivity contribution in [2.24, 2.45) is 0 Å². The van der Waals surface area contributed by atoms with E-state index in [4.69, 9.17) is 9.84 Å². The molecule has 4 nitrogen and oxygen atoms in total. The number of rotatable bonds is 6. The first kappa shape index (κ1) is 16.0. The van der Waals surface area contributed by atoms with E-state index in [2.05, 4.69) is 15.9 Å². The first-order valence-electron chi connectivity index (χ1n) is 6.26. The highest BCUT2D eigenvalue weighted by Crippen LogP contribution is 2.26. The molecule has 0 saturated heterocycles. The van der Waals surface area contributed by atoms with Crippen LogP contribution < -0.4 is 4.74 Å². The summed E-state index contributed by atoms with van der Waals surface area (Å²) in [7, 11) is 1.59. The van der Waals surface area contributed by atoms with Crippen LogP contribution in [0.4, 0.5) is 0 Å². The Kier molecular flexibility index (Phi) is 6.31. The van der Waals surface area contributed by atoms with Crippen LogP contribution >= 0.6 is 15.9 Å². The molecule has 0 atom stereocenters. The Morgan fingerprint density at radius 1 is 1.47 bits per heavy atom. The van der Waals surface area contributed by atoms with E-state index in [1.807, 2.05) is 13.8 Å². The summed E-state index contributed by atoms with van der Waals surface area (Å²) in [5.41, 5.74) is 0.610. The van der Waals surface area contributed by atoms with Crippen molar-refractivity contribution in [1.82, 2.24) is 4.90 Å². The van der Waals surface area contributed by atoms with Crippen molar-refractivity contribution in [2.75, 3.05) is 20.3 Å². The number of methoxy groups -OCH3 is 1. The second-order valence-corrected chi connectivity index (χ2v) is 5.37. The molecule has 0 aliphatic carbocycles. The zero-order chi connectivity index (χ0) is 14.4. The minimum absolute atomic E-state index is 0.0354. The van der Waals surface area contributed by atoms with Gasteiger partial charge in [0.2, 0.25) is 0 Å². The molecule has 19 heavy (non-hydrogen) atoms. The Labute approximate surface area is 122 Å². The number of aliphatic hydroxyl groups is 1. The number of benzene rings is 1. The van der Waals surface area contributed by atoms with Gasteiger partial charge in [-0.05, 0) is 54.4 Å². The second-order valence-electron chi connectivity index (χ2n) is 4.52. The van der Waals surface area contributed by atoms with Crippen molar-refractivity contribution in [2.45, 2.75) is 26.3 Å². The van der Waals surface area contributed by atoms with Gasteiger partial charge in [0.15, 0.2) is 0 Å². The molecule has 0 radical (unpaired) electrons. The standard InChI is InChI=1S/C14H20BrNO3/c1-10(2)16(7-4-8-17)14(18)11-5-6-13(19-3)12(15)9-11/h5-6,9-10,17H,4,7-8H2,1-3H3. The molecule has 0 fully saturated rings. The van der Waals surface area contributed by atoms with Crippen molar-refractivity contribution in [3.05, 3.63) is 28.2 Å². The van der Waals surface area contributed by atoms with E-state index >= 15 is 0 Å². The number of amides is 1. The molecule has 0 saturated carbocycles. The maximum Gasteiger partial charge on any atom is 0.254 e. The van der Waals surface area contributed by atoms with Gasteiger partial charge >= 0.3 is 0 Å². The summed E-state index contributed by atoms with van der Waals surface area (Å²) >= 11 is 3.38. The molecular formula is C14H20BrNO3. The Morgan fingerprint density at radius 2 is 2.16 bits per heavy atom. The molecule has 0 aliphatic heterocycles. The molecule has 1 amide bonds. The number of carbonyl (C=O) groups is 1. The Bertz CT molecular complexity index is 435. The van der Waals surface area contributed by atoms with Gasteiger partial charge in [0.1, 0.15) is 5.75 Å². The molecule has 0 aromatic heterocycles. The summed E-state index contributed by atoms with van der Waals surface area (Å²) in [6, 6.07) is 5.37. The minimum Gasteiger partial charge on any atom is -0.496 e. The molecule has 106 valence electrons. The van der Waals surface area contributed by atoms with Gasteiger partial charge in [0.25, 0.3) is 5.91 Å². The number of carbonyl (C=O) groups excluding carboxylic acids is 1. The van der Waals surface area contributed by atoms with E-state index in [1.165, 1.54) is 0 Å². The van der Waals surface area contributed by atoms with E-state index in [1.54, 1.807) is 30.2 Å². The summed E-state index contributed by atoms with van der Waals surface area (Å²) in [6.45, 7) is 4.57. The predicted octanol–water partition coefficient (Wildman–Crippen LogP) is 2.69. The third-order valence-electron chi connectivity index (χ3n) is 2.84. The molecule has 1 aromatic carbocycles. The minimum atomic E-state index is -0.0354. The maximum atomic E-state index is 12.4. The zero-order valence-electron chi connectivity index (χ0n) is 11.5. The molecule has 0 spiro atoms. The lowest BCUT2D eigenvalue weighted by molar-refractivity contribution is 0.0693. The lowest BCUT2D eigenvalue weighted by atomic mass is 10.1. The molecule has 1 N–H and O–H groups in total. The van der Waals surface area contributed by atoms with Gasteiger partial charge in [-0.2, -0.15) is 0 Å². The highest BCUT2D eigenvalue weighted by molar-refractivity contribution is 9.10. The highest BCUT2D eigenvalue weighted by atomic mass is 79.9. The third kappa shape index (κ3) is 4.21. The second kappa shape index (κ2) is 7.50. The van der Waals surface area contributed by atoms with Crippen LogP contribution in [0.2, 0.25) is 0 Å². The van der Waals surface area contributed by atoms with Crippen molar-refractivity contribution in [1.29, 1.82) is 0 Å². The first-order valence-corrected chi connectivity index (χ1v) is 7.06. The number of halogens is 1. The van der Waals surface area contributed by atoms with E-state index in [-0.39, 0.29) is 18.6 Å². The molecule has 0 aliphatic rings. The smallest absolute Gasteiger partial charge is 0.254 e. The Hall–Kier alpha value is -1.07. The summed E-state index contributed by atoms with van der Waals surface area (Å²) in [6.07, 6.45) is 0.585. The van der Waals surface area contributed by atoms with Gasteiger partial charge in [-0.1, -0.05) is 0 Å². The summed E-state index contributed by atoms with van der Waals surface area (Å²) in [5, 5.41) is 8.90. The van der Waals surface area contributed by atoms with Crippen LogP contribution in [0.15, 0.2) is 22.7 Å². The molecule has 5 heteroatoms. The van der Waals surface area contributed by atoms with Crippen LogP contribution in [0.1, 0.15) is 30.6 Å². The van der Waals surface area contributed by atoms with Crippen molar-refractivity contribution in [3.8, 4) is 5.75 Å². The lowest BCUT2D eigenvalue weighted by Crippen LogP contribution is -2.38. The van der Waals surface area contributed by atoms with Crippen molar-refractivity contribution < 1.29 is 14.6 Å². The van der Waals surface area contributed by atoms with Crippen LogP contribution in [-0.4, -0.2) is 42.2 Å². The summed E-state index contributed by atoms with van der Waals surface area (Å²) in [4.78, 5) is 14.2.